The summed E-state index contributed by atoms with van der Waals surface area (Å²) in [6.07, 6.45) is 4.29. The average molecular weight is 284 g/mol. The molecular weight excluding hydrogens is 260 g/mol. The second-order valence-corrected chi connectivity index (χ2v) is 6.36. The largest absolute Gasteiger partial charge is 0.288 e. The Bertz CT molecular complexity index is 615. The summed E-state index contributed by atoms with van der Waals surface area (Å²) in [4.78, 5) is 2.51. The number of hydrogen-bond acceptors (Lipinski definition) is 3. The van der Waals surface area contributed by atoms with Crippen LogP contribution in [0, 0.1) is 0 Å². The van der Waals surface area contributed by atoms with Crippen molar-refractivity contribution < 1.29 is 0 Å². The van der Waals surface area contributed by atoms with Gasteiger partial charge in [0.05, 0.1) is 5.69 Å². The Kier molecular flexibility index (Phi) is 3.81. The first-order valence-electron chi connectivity index (χ1n) is 7.83. The Labute approximate surface area is 126 Å². The van der Waals surface area contributed by atoms with Crippen LogP contribution < -0.4 is 0 Å². The van der Waals surface area contributed by atoms with E-state index in [1.165, 1.54) is 11.1 Å². The van der Waals surface area contributed by atoms with Crippen LogP contribution in [0.5, 0.6) is 0 Å². The van der Waals surface area contributed by atoms with Gasteiger partial charge in [-0.2, -0.15) is 0 Å². The monoisotopic (exact) mass is 284 g/mol. The zero-order chi connectivity index (χ0) is 14.9. The predicted molar refractivity (Wildman–Crippen MR) is 83.9 cm³/mol. The van der Waals surface area contributed by atoms with Gasteiger partial charge in [-0.05, 0) is 37.8 Å². The van der Waals surface area contributed by atoms with Crippen LogP contribution in [0.2, 0.25) is 0 Å². The van der Waals surface area contributed by atoms with Crippen molar-refractivity contribution in [1.29, 1.82) is 0 Å². The molecule has 1 aromatic heterocycles. The fraction of sp³-hybridized carbons (Fsp3) is 0.529. The SMILES string of the molecule is CCCn1cc(CN2CCc3ccccc3C2(C)C)nn1. The highest BCUT2D eigenvalue weighted by molar-refractivity contribution is 5.35. The Morgan fingerprint density at radius 2 is 2.05 bits per heavy atom. The molecule has 0 aliphatic carbocycles. The highest BCUT2D eigenvalue weighted by atomic mass is 15.4. The quantitative estimate of drug-likeness (QED) is 0.865. The molecule has 0 fully saturated rings. The third kappa shape index (κ3) is 2.72. The minimum absolute atomic E-state index is 0.0450. The summed E-state index contributed by atoms with van der Waals surface area (Å²) in [6, 6.07) is 8.80. The van der Waals surface area contributed by atoms with E-state index in [1.54, 1.807) is 0 Å². The fourth-order valence-corrected chi connectivity index (χ4v) is 3.26. The lowest BCUT2D eigenvalue weighted by molar-refractivity contribution is 0.0967. The van der Waals surface area contributed by atoms with Gasteiger partial charge < -0.3 is 0 Å². The first-order valence-corrected chi connectivity index (χ1v) is 7.83. The van der Waals surface area contributed by atoms with E-state index in [-0.39, 0.29) is 5.54 Å². The van der Waals surface area contributed by atoms with Crippen LogP contribution >= 0.6 is 0 Å². The summed E-state index contributed by atoms with van der Waals surface area (Å²) in [6.45, 7) is 9.66. The molecule has 0 N–H and O–H groups in total. The van der Waals surface area contributed by atoms with Crippen LogP contribution in [0.25, 0.3) is 0 Å². The number of fused-ring (bicyclic) bond motifs is 1. The maximum Gasteiger partial charge on any atom is 0.0967 e. The maximum atomic E-state index is 4.32. The molecule has 0 saturated carbocycles. The van der Waals surface area contributed by atoms with E-state index >= 15 is 0 Å². The normalized spacial score (nSPS) is 17.7. The Morgan fingerprint density at radius 1 is 1.24 bits per heavy atom. The Balaban J connectivity index is 1.80. The third-order valence-electron chi connectivity index (χ3n) is 4.51. The summed E-state index contributed by atoms with van der Waals surface area (Å²) in [5.41, 5.74) is 4.03. The van der Waals surface area contributed by atoms with E-state index in [2.05, 4.69) is 66.4 Å². The van der Waals surface area contributed by atoms with Gasteiger partial charge in [-0.25, -0.2) is 0 Å². The van der Waals surface area contributed by atoms with Crippen LogP contribution in [-0.4, -0.2) is 26.4 Å². The van der Waals surface area contributed by atoms with Crippen molar-refractivity contribution >= 4 is 0 Å². The van der Waals surface area contributed by atoms with Gasteiger partial charge >= 0.3 is 0 Å². The fourth-order valence-electron chi connectivity index (χ4n) is 3.26. The van der Waals surface area contributed by atoms with E-state index < -0.39 is 0 Å². The van der Waals surface area contributed by atoms with Crippen LogP contribution in [0.3, 0.4) is 0 Å². The van der Waals surface area contributed by atoms with Crippen LogP contribution in [-0.2, 0) is 25.0 Å². The summed E-state index contributed by atoms with van der Waals surface area (Å²) in [7, 11) is 0. The Morgan fingerprint density at radius 3 is 2.86 bits per heavy atom. The maximum absolute atomic E-state index is 4.32. The van der Waals surface area contributed by atoms with Gasteiger partial charge in [0.2, 0.25) is 0 Å². The second-order valence-electron chi connectivity index (χ2n) is 6.36. The first kappa shape index (κ1) is 14.3. The number of benzene rings is 1. The van der Waals surface area contributed by atoms with Crippen molar-refractivity contribution in [2.75, 3.05) is 6.54 Å². The molecule has 1 aliphatic heterocycles. The smallest absolute Gasteiger partial charge is 0.0967 e. The molecule has 0 bridgehead atoms. The van der Waals surface area contributed by atoms with Crippen LogP contribution in [0.1, 0.15) is 44.0 Å². The van der Waals surface area contributed by atoms with Crippen LogP contribution in [0.15, 0.2) is 30.5 Å². The number of aromatic nitrogens is 3. The molecule has 2 aromatic rings. The molecular formula is C17H24N4. The zero-order valence-electron chi connectivity index (χ0n) is 13.2. The summed E-state index contributed by atoms with van der Waals surface area (Å²) in [5.74, 6) is 0. The van der Waals surface area contributed by atoms with Crippen molar-refractivity contribution in [1.82, 2.24) is 19.9 Å². The van der Waals surface area contributed by atoms with Crippen molar-refractivity contribution in [3.63, 3.8) is 0 Å². The first-order chi connectivity index (χ1) is 10.1. The lowest BCUT2D eigenvalue weighted by Gasteiger charge is -2.43. The molecule has 2 heterocycles. The van der Waals surface area contributed by atoms with Crippen molar-refractivity contribution in [3.8, 4) is 0 Å². The highest BCUT2D eigenvalue weighted by Crippen LogP contribution is 2.35. The molecule has 0 amide bonds. The highest BCUT2D eigenvalue weighted by Gasteiger charge is 2.34. The van der Waals surface area contributed by atoms with Gasteiger partial charge in [-0.3, -0.25) is 9.58 Å². The molecule has 112 valence electrons. The molecule has 4 nitrogen and oxygen atoms in total. The van der Waals surface area contributed by atoms with E-state index in [9.17, 15) is 0 Å². The van der Waals surface area contributed by atoms with Crippen molar-refractivity contribution in [2.45, 2.75) is 52.2 Å². The van der Waals surface area contributed by atoms with E-state index in [0.29, 0.717) is 0 Å². The van der Waals surface area contributed by atoms with Gasteiger partial charge in [0.15, 0.2) is 0 Å². The molecule has 4 heteroatoms. The van der Waals surface area contributed by atoms with E-state index in [1.807, 2.05) is 4.68 Å². The molecule has 0 atom stereocenters. The van der Waals surface area contributed by atoms with Crippen molar-refractivity contribution in [2.24, 2.45) is 0 Å². The third-order valence-corrected chi connectivity index (χ3v) is 4.51. The average Bonchev–Trinajstić information content (AvgIpc) is 2.90. The minimum Gasteiger partial charge on any atom is -0.288 e. The summed E-state index contributed by atoms with van der Waals surface area (Å²) in [5, 5.41) is 8.53. The van der Waals surface area contributed by atoms with Gasteiger partial charge in [-0.1, -0.05) is 36.4 Å². The number of rotatable bonds is 4. The molecule has 0 spiro atoms. The molecule has 21 heavy (non-hydrogen) atoms. The molecule has 0 unspecified atom stereocenters. The molecule has 0 radical (unpaired) electrons. The van der Waals surface area contributed by atoms with Gasteiger partial charge in [0.1, 0.15) is 0 Å². The number of hydrogen-bond donors (Lipinski definition) is 0. The molecule has 1 aliphatic rings. The van der Waals surface area contributed by atoms with Crippen LogP contribution in [0.4, 0.5) is 0 Å². The molecule has 3 rings (SSSR count). The van der Waals surface area contributed by atoms with E-state index in [4.69, 9.17) is 0 Å². The van der Waals surface area contributed by atoms with Gasteiger partial charge in [-0.15, -0.1) is 5.10 Å². The Hall–Kier alpha value is -1.68. The lowest BCUT2D eigenvalue weighted by Crippen LogP contribution is -2.46. The number of nitrogens with zero attached hydrogens (tertiary/aromatic N) is 4. The molecule has 0 saturated heterocycles. The standard InChI is InChI=1S/C17H24N4/c1-4-10-21-13-15(18-19-21)12-20-11-9-14-7-5-6-8-16(14)17(20,2)3/h5-8,13H,4,9-12H2,1-3H3. The van der Waals surface area contributed by atoms with E-state index in [0.717, 1.165) is 38.2 Å². The second kappa shape index (κ2) is 5.60. The lowest BCUT2D eigenvalue weighted by atomic mass is 9.83. The molecule has 1 aromatic carbocycles. The predicted octanol–water partition coefficient (Wildman–Crippen LogP) is 2.98. The van der Waals surface area contributed by atoms with Crippen molar-refractivity contribution in [3.05, 3.63) is 47.3 Å². The summed E-state index contributed by atoms with van der Waals surface area (Å²) < 4.78 is 1.94. The van der Waals surface area contributed by atoms with Gasteiger partial charge in [0.25, 0.3) is 0 Å². The number of aryl methyl sites for hydroxylation is 1. The minimum atomic E-state index is 0.0450. The van der Waals surface area contributed by atoms with Gasteiger partial charge in [0, 0.05) is 31.4 Å². The topological polar surface area (TPSA) is 34.0 Å². The zero-order valence-corrected chi connectivity index (χ0v) is 13.2. The summed E-state index contributed by atoms with van der Waals surface area (Å²) >= 11 is 0.